The topological polar surface area (TPSA) is 103 Å². The molecule has 2 N–H and O–H groups in total. The van der Waals surface area contributed by atoms with Crippen LogP contribution in [0.1, 0.15) is 11.1 Å². The molecule has 0 saturated carbocycles. The van der Waals surface area contributed by atoms with Crippen LogP contribution in [-0.4, -0.2) is 33.5 Å². The average molecular weight is 406 g/mol. The SMILES string of the molecule is COc1ccc(-c2nnc(SCc3cn4ccccc4c3C#N)n2N)c(OC)c1. The Kier molecular flexibility index (Phi) is 5.01. The van der Waals surface area contributed by atoms with Gasteiger partial charge in [0.25, 0.3) is 0 Å². The summed E-state index contributed by atoms with van der Waals surface area (Å²) in [5, 5.41) is 18.5. The van der Waals surface area contributed by atoms with Crippen molar-refractivity contribution in [3.8, 4) is 29.0 Å². The van der Waals surface area contributed by atoms with Crippen LogP contribution in [0.3, 0.4) is 0 Å². The third kappa shape index (κ3) is 3.34. The third-order valence-corrected chi connectivity index (χ3v) is 5.54. The van der Waals surface area contributed by atoms with E-state index in [2.05, 4.69) is 16.3 Å². The minimum absolute atomic E-state index is 0.481. The minimum Gasteiger partial charge on any atom is -0.497 e. The van der Waals surface area contributed by atoms with Crippen molar-refractivity contribution < 1.29 is 9.47 Å². The van der Waals surface area contributed by atoms with E-state index in [0.29, 0.717) is 39.4 Å². The number of benzene rings is 1. The fraction of sp³-hybridized carbons (Fsp3) is 0.150. The average Bonchev–Trinajstić information content (AvgIpc) is 3.31. The number of nitriles is 1. The van der Waals surface area contributed by atoms with Gasteiger partial charge in [-0.15, -0.1) is 10.2 Å². The number of pyridine rings is 1. The number of methoxy groups -OCH3 is 2. The van der Waals surface area contributed by atoms with E-state index < -0.39 is 0 Å². The van der Waals surface area contributed by atoms with Gasteiger partial charge in [0.2, 0.25) is 5.16 Å². The van der Waals surface area contributed by atoms with Gasteiger partial charge < -0.3 is 19.7 Å². The number of ether oxygens (including phenoxy) is 2. The van der Waals surface area contributed by atoms with Crippen molar-refractivity contribution in [3.63, 3.8) is 0 Å². The standard InChI is InChI=1S/C20H18N6O2S/c1-27-14-6-7-15(18(9-14)28-2)19-23-24-20(26(19)22)29-12-13-11-25-8-4-3-5-17(25)16(13)10-21/h3-9,11H,12,22H2,1-2H3. The van der Waals surface area contributed by atoms with Crippen LogP contribution in [0.2, 0.25) is 0 Å². The van der Waals surface area contributed by atoms with Gasteiger partial charge in [-0.1, -0.05) is 17.8 Å². The Balaban J connectivity index is 1.62. The third-order valence-electron chi connectivity index (χ3n) is 4.54. The van der Waals surface area contributed by atoms with E-state index in [0.717, 1.165) is 11.1 Å². The van der Waals surface area contributed by atoms with E-state index >= 15 is 0 Å². The molecule has 3 aromatic heterocycles. The Bertz CT molecular complexity index is 1220. The van der Waals surface area contributed by atoms with Crippen LogP contribution in [-0.2, 0) is 5.75 Å². The zero-order valence-corrected chi connectivity index (χ0v) is 16.7. The fourth-order valence-corrected chi connectivity index (χ4v) is 3.93. The summed E-state index contributed by atoms with van der Waals surface area (Å²) in [7, 11) is 3.17. The van der Waals surface area contributed by atoms with Gasteiger partial charge in [0.1, 0.15) is 17.6 Å². The Morgan fingerprint density at radius 1 is 1.17 bits per heavy atom. The molecule has 0 amide bonds. The molecule has 0 unspecified atom stereocenters. The summed E-state index contributed by atoms with van der Waals surface area (Å²) in [6.07, 6.45) is 3.87. The number of nitrogen functional groups attached to an aromatic ring is 1. The van der Waals surface area contributed by atoms with Crippen molar-refractivity contribution >= 4 is 17.3 Å². The van der Waals surface area contributed by atoms with Gasteiger partial charge in [-0.3, -0.25) is 0 Å². The van der Waals surface area contributed by atoms with Crippen molar-refractivity contribution in [1.29, 1.82) is 5.26 Å². The van der Waals surface area contributed by atoms with Crippen molar-refractivity contribution in [2.24, 2.45) is 0 Å². The molecule has 8 nitrogen and oxygen atoms in total. The molecule has 1 aromatic carbocycles. The molecule has 3 heterocycles. The van der Waals surface area contributed by atoms with E-state index in [1.807, 2.05) is 47.1 Å². The second-order valence-electron chi connectivity index (χ2n) is 6.17. The number of hydrogen-bond donors (Lipinski definition) is 1. The lowest BCUT2D eigenvalue weighted by molar-refractivity contribution is 0.395. The summed E-state index contributed by atoms with van der Waals surface area (Å²) in [5.74, 6) is 8.54. The molecule has 0 bridgehead atoms. The van der Waals surface area contributed by atoms with Crippen molar-refractivity contribution in [1.82, 2.24) is 19.3 Å². The maximum Gasteiger partial charge on any atom is 0.210 e. The Morgan fingerprint density at radius 2 is 2.03 bits per heavy atom. The van der Waals surface area contributed by atoms with Crippen LogP contribution in [0.15, 0.2) is 53.9 Å². The van der Waals surface area contributed by atoms with Crippen molar-refractivity contribution in [2.45, 2.75) is 10.9 Å². The highest BCUT2D eigenvalue weighted by Crippen LogP contribution is 2.33. The number of nitrogens with two attached hydrogens (primary N) is 1. The second-order valence-corrected chi connectivity index (χ2v) is 7.11. The van der Waals surface area contributed by atoms with Gasteiger partial charge in [-0.05, 0) is 29.8 Å². The van der Waals surface area contributed by atoms with E-state index in [4.69, 9.17) is 15.3 Å². The predicted molar refractivity (Wildman–Crippen MR) is 110 cm³/mol. The lowest BCUT2D eigenvalue weighted by atomic mass is 10.2. The Morgan fingerprint density at radius 3 is 2.79 bits per heavy atom. The van der Waals surface area contributed by atoms with Crippen LogP contribution in [0.25, 0.3) is 16.9 Å². The first-order valence-electron chi connectivity index (χ1n) is 8.70. The van der Waals surface area contributed by atoms with Crippen LogP contribution >= 0.6 is 11.8 Å². The van der Waals surface area contributed by atoms with Crippen molar-refractivity contribution in [3.05, 3.63) is 59.9 Å². The van der Waals surface area contributed by atoms with Gasteiger partial charge in [-0.25, -0.2) is 4.68 Å². The highest BCUT2D eigenvalue weighted by atomic mass is 32.2. The highest BCUT2D eigenvalue weighted by molar-refractivity contribution is 7.98. The maximum absolute atomic E-state index is 9.56. The van der Waals surface area contributed by atoms with Gasteiger partial charge >= 0.3 is 0 Å². The number of hydrogen-bond acceptors (Lipinski definition) is 7. The van der Waals surface area contributed by atoms with Crippen LogP contribution in [0.5, 0.6) is 11.5 Å². The monoisotopic (exact) mass is 406 g/mol. The summed E-state index contributed by atoms with van der Waals surface area (Å²) in [4.78, 5) is 0. The molecular weight excluding hydrogens is 388 g/mol. The number of fused-ring (bicyclic) bond motifs is 1. The van der Waals surface area contributed by atoms with E-state index in [1.54, 1.807) is 20.3 Å². The summed E-state index contributed by atoms with van der Waals surface area (Å²) in [5.41, 5.74) is 3.15. The second kappa shape index (κ2) is 7.77. The summed E-state index contributed by atoms with van der Waals surface area (Å²) < 4.78 is 14.0. The van der Waals surface area contributed by atoms with Crippen LogP contribution in [0.4, 0.5) is 0 Å². The molecule has 0 aliphatic carbocycles. The van der Waals surface area contributed by atoms with Gasteiger partial charge in [-0.2, -0.15) is 5.26 Å². The Hall–Kier alpha value is -3.64. The number of nitrogens with zero attached hydrogens (tertiary/aromatic N) is 5. The number of rotatable bonds is 6. The van der Waals surface area contributed by atoms with E-state index in [-0.39, 0.29) is 0 Å². The summed E-state index contributed by atoms with van der Waals surface area (Å²) >= 11 is 1.42. The van der Waals surface area contributed by atoms with E-state index in [1.165, 1.54) is 16.4 Å². The molecule has 0 fully saturated rings. The first-order valence-corrected chi connectivity index (χ1v) is 9.69. The summed E-state index contributed by atoms with van der Waals surface area (Å²) in [6.45, 7) is 0. The molecule has 4 rings (SSSR count). The van der Waals surface area contributed by atoms with Gasteiger partial charge in [0.15, 0.2) is 5.82 Å². The molecule has 0 aliphatic heterocycles. The minimum atomic E-state index is 0.481. The molecule has 9 heteroatoms. The largest absolute Gasteiger partial charge is 0.497 e. The van der Waals surface area contributed by atoms with Crippen LogP contribution < -0.4 is 15.3 Å². The van der Waals surface area contributed by atoms with Gasteiger partial charge in [0.05, 0.1) is 30.9 Å². The smallest absolute Gasteiger partial charge is 0.210 e. The highest BCUT2D eigenvalue weighted by Gasteiger charge is 2.18. The normalized spacial score (nSPS) is 10.8. The quantitative estimate of drug-likeness (QED) is 0.388. The molecule has 29 heavy (non-hydrogen) atoms. The molecular formula is C20H18N6O2S. The van der Waals surface area contributed by atoms with Gasteiger partial charge in [0, 0.05) is 24.2 Å². The molecule has 4 aromatic rings. The number of aromatic nitrogens is 4. The zero-order valence-electron chi connectivity index (χ0n) is 15.9. The number of thioether (sulfide) groups is 1. The molecule has 0 radical (unpaired) electrons. The van der Waals surface area contributed by atoms with E-state index in [9.17, 15) is 5.26 Å². The zero-order chi connectivity index (χ0) is 20.4. The van der Waals surface area contributed by atoms with Crippen LogP contribution in [0, 0.1) is 11.3 Å². The lowest BCUT2D eigenvalue weighted by Gasteiger charge is -2.10. The molecule has 0 atom stereocenters. The molecule has 146 valence electrons. The van der Waals surface area contributed by atoms with Crippen molar-refractivity contribution in [2.75, 3.05) is 20.1 Å². The fourth-order valence-electron chi connectivity index (χ4n) is 3.10. The lowest BCUT2D eigenvalue weighted by Crippen LogP contribution is -2.12. The predicted octanol–water partition coefficient (Wildman–Crippen LogP) is 3.09. The molecule has 0 spiro atoms. The first kappa shape index (κ1) is 18.7. The molecule has 0 saturated heterocycles. The first-order chi connectivity index (χ1) is 14.2. The Labute approximate surface area is 171 Å². The maximum atomic E-state index is 9.56. The summed E-state index contributed by atoms with van der Waals surface area (Å²) in [6, 6.07) is 13.5. The molecule has 0 aliphatic rings.